The monoisotopic (exact) mass is 438 g/mol. The van der Waals surface area contributed by atoms with Gasteiger partial charge in [-0.25, -0.2) is 8.78 Å². The Morgan fingerprint density at radius 3 is 2.45 bits per heavy atom. The molecule has 4 rings (SSSR count). The van der Waals surface area contributed by atoms with Gasteiger partial charge in [-0.1, -0.05) is 31.2 Å². The summed E-state index contributed by atoms with van der Waals surface area (Å²) in [7, 11) is 0. The van der Waals surface area contributed by atoms with Crippen molar-refractivity contribution < 1.29 is 18.4 Å². The van der Waals surface area contributed by atoms with Crippen LogP contribution in [0, 0.1) is 11.6 Å². The van der Waals surface area contributed by atoms with Gasteiger partial charge in [0.15, 0.2) is 0 Å². The van der Waals surface area contributed by atoms with Crippen molar-refractivity contribution in [3.8, 4) is 0 Å². The molecule has 7 heteroatoms. The maximum absolute atomic E-state index is 14.3. The number of nitrogens with zero attached hydrogens (tertiary/aromatic N) is 1. The molecule has 3 aromatic carbocycles. The Bertz CT molecular complexity index is 1120. The molecule has 1 heterocycles. The van der Waals surface area contributed by atoms with E-state index in [9.17, 15) is 18.4 Å². The van der Waals surface area contributed by atoms with Gasteiger partial charge in [0, 0.05) is 17.3 Å². The number of hydrogen-bond acceptors (Lipinski definition) is 3. The number of carbonyl (C=O) groups excluding carboxylic acids is 2. The number of halogens is 2. The lowest BCUT2D eigenvalue weighted by Crippen LogP contribution is -2.28. The molecule has 0 aromatic heterocycles. The third-order valence-electron chi connectivity index (χ3n) is 5.11. The van der Waals surface area contributed by atoms with E-state index in [1.807, 2.05) is 12.1 Å². The number of hydrogen-bond donors (Lipinski definition) is 1. The summed E-state index contributed by atoms with van der Waals surface area (Å²) in [5.74, 6) is -1.59. The predicted octanol–water partition coefficient (Wildman–Crippen LogP) is 5.56. The fourth-order valence-electron chi connectivity index (χ4n) is 3.43. The Labute approximate surface area is 183 Å². The van der Waals surface area contributed by atoms with E-state index in [-0.39, 0.29) is 23.3 Å². The summed E-state index contributed by atoms with van der Waals surface area (Å²) in [5, 5.41) is 2.37. The van der Waals surface area contributed by atoms with Crippen LogP contribution in [0.3, 0.4) is 0 Å². The standard InChI is InChI=1S/C24H20F2N2O2S/c1-2-15-3-5-16(6-4-15)23(30)27-19-10-7-17(8-11-19)24-28(22(29)14-31-24)21-13-18(25)9-12-20(21)26/h3-13,24H,2,14H2,1H3,(H,27,30). The first-order valence-corrected chi connectivity index (χ1v) is 10.9. The molecule has 31 heavy (non-hydrogen) atoms. The van der Waals surface area contributed by atoms with Gasteiger partial charge in [0.2, 0.25) is 5.91 Å². The van der Waals surface area contributed by atoms with Crippen LogP contribution in [0.25, 0.3) is 0 Å². The van der Waals surface area contributed by atoms with E-state index in [1.54, 1.807) is 36.4 Å². The second kappa shape index (κ2) is 8.89. The smallest absolute Gasteiger partial charge is 0.255 e. The number of aryl methyl sites for hydroxylation is 1. The fourth-order valence-corrected chi connectivity index (χ4v) is 4.60. The third kappa shape index (κ3) is 4.46. The molecule has 4 nitrogen and oxygen atoms in total. The topological polar surface area (TPSA) is 49.4 Å². The number of anilines is 2. The lowest BCUT2D eigenvalue weighted by molar-refractivity contribution is -0.115. The first-order chi connectivity index (χ1) is 15.0. The van der Waals surface area contributed by atoms with Gasteiger partial charge in [-0.3, -0.25) is 14.5 Å². The van der Waals surface area contributed by atoms with E-state index >= 15 is 0 Å². The van der Waals surface area contributed by atoms with Gasteiger partial charge in [0.25, 0.3) is 5.91 Å². The first kappa shape index (κ1) is 21.1. The Morgan fingerprint density at radius 1 is 1.06 bits per heavy atom. The number of nitrogens with one attached hydrogen (secondary N) is 1. The van der Waals surface area contributed by atoms with Crippen LogP contribution in [0.4, 0.5) is 20.2 Å². The minimum absolute atomic E-state index is 0.0760. The summed E-state index contributed by atoms with van der Waals surface area (Å²) in [6.45, 7) is 2.05. The zero-order valence-corrected chi connectivity index (χ0v) is 17.6. The molecular weight excluding hydrogens is 418 g/mol. The summed E-state index contributed by atoms with van der Waals surface area (Å²) in [6.07, 6.45) is 0.904. The van der Waals surface area contributed by atoms with E-state index in [0.717, 1.165) is 35.7 Å². The van der Waals surface area contributed by atoms with Gasteiger partial charge >= 0.3 is 0 Å². The number of carbonyl (C=O) groups is 2. The molecule has 0 radical (unpaired) electrons. The summed E-state index contributed by atoms with van der Waals surface area (Å²) in [5.41, 5.74) is 3.00. The molecule has 0 saturated carbocycles. The number of benzene rings is 3. The van der Waals surface area contributed by atoms with Gasteiger partial charge < -0.3 is 5.32 Å². The molecule has 1 aliphatic heterocycles. The van der Waals surface area contributed by atoms with E-state index in [1.165, 1.54) is 16.7 Å². The maximum atomic E-state index is 14.3. The second-order valence-corrected chi connectivity index (χ2v) is 8.22. The number of thioether (sulfide) groups is 1. The van der Waals surface area contributed by atoms with Crippen molar-refractivity contribution in [3.63, 3.8) is 0 Å². The van der Waals surface area contributed by atoms with Crippen LogP contribution in [-0.2, 0) is 11.2 Å². The Hall–Kier alpha value is -3.19. The lowest BCUT2D eigenvalue weighted by Gasteiger charge is -2.25. The van der Waals surface area contributed by atoms with Crippen molar-refractivity contribution in [2.24, 2.45) is 0 Å². The molecule has 0 spiro atoms. The average molecular weight is 438 g/mol. The van der Waals surface area contributed by atoms with Crippen LogP contribution in [0.15, 0.2) is 66.7 Å². The predicted molar refractivity (Wildman–Crippen MR) is 119 cm³/mol. The van der Waals surface area contributed by atoms with Gasteiger partial charge in [-0.05, 0) is 53.9 Å². The minimum Gasteiger partial charge on any atom is -0.322 e. The van der Waals surface area contributed by atoms with Gasteiger partial charge in [0.1, 0.15) is 17.0 Å². The van der Waals surface area contributed by atoms with Crippen LogP contribution in [0.1, 0.15) is 33.8 Å². The molecule has 1 saturated heterocycles. The van der Waals surface area contributed by atoms with Crippen molar-refractivity contribution >= 4 is 35.0 Å². The molecule has 1 N–H and O–H groups in total. The highest BCUT2D eigenvalue weighted by molar-refractivity contribution is 8.00. The van der Waals surface area contributed by atoms with Gasteiger partial charge in [0.05, 0.1) is 11.4 Å². The van der Waals surface area contributed by atoms with Crippen LogP contribution >= 0.6 is 11.8 Å². The number of amides is 2. The van der Waals surface area contributed by atoms with Crippen molar-refractivity contribution in [1.82, 2.24) is 0 Å². The van der Waals surface area contributed by atoms with Gasteiger partial charge in [-0.2, -0.15) is 0 Å². The SMILES string of the molecule is CCc1ccc(C(=O)Nc2ccc(C3SCC(=O)N3c3cc(F)ccc3F)cc2)cc1. The van der Waals surface area contributed by atoms with Crippen LogP contribution in [0.5, 0.6) is 0 Å². The molecule has 0 aliphatic carbocycles. The van der Waals surface area contributed by atoms with E-state index in [4.69, 9.17) is 0 Å². The summed E-state index contributed by atoms with van der Waals surface area (Å²) >= 11 is 1.34. The zero-order valence-electron chi connectivity index (χ0n) is 16.8. The molecule has 1 unspecified atom stereocenters. The molecule has 3 aromatic rings. The molecule has 1 fully saturated rings. The Morgan fingerprint density at radius 2 is 1.77 bits per heavy atom. The minimum atomic E-state index is -0.653. The highest BCUT2D eigenvalue weighted by Crippen LogP contribution is 2.42. The lowest BCUT2D eigenvalue weighted by atomic mass is 10.1. The van der Waals surface area contributed by atoms with Crippen molar-refractivity contribution in [2.75, 3.05) is 16.0 Å². The van der Waals surface area contributed by atoms with Crippen molar-refractivity contribution in [3.05, 3.63) is 95.1 Å². The van der Waals surface area contributed by atoms with E-state index in [2.05, 4.69) is 12.2 Å². The second-order valence-electron chi connectivity index (χ2n) is 7.15. The van der Waals surface area contributed by atoms with Crippen LogP contribution in [-0.4, -0.2) is 17.6 Å². The largest absolute Gasteiger partial charge is 0.322 e. The summed E-state index contributed by atoms with van der Waals surface area (Å²) in [6, 6.07) is 17.5. The van der Waals surface area contributed by atoms with Crippen LogP contribution in [0.2, 0.25) is 0 Å². The Balaban J connectivity index is 1.52. The molecule has 0 bridgehead atoms. The highest BCUT2D eigenvalue weighted by atomic mass is 32.2. The third-order valence-corrected chi connectivity index (χ3v) is 6.33. The van der Waals surface area contributed by atoms with Crippen molar-refractivity contribution in [1.29, 1.82) is 0 Å². The highest BCUT2D eigenvalue weighted by Gasteiger charge is 2.35. The molecule has 1 aliphatic rings. The van der Waals surface area contributed by atoms with Crippen LogP contribution < -0.4 is 10.2 Å². The summed E-state index contributed by atoms with van der Waals surface area (Å²) in [4.78, 5) is 26.1. The first-order valence-electron chi connectivity index (χ1n) is 9.85. The van der Waals surface area contributed by atoms with Gasteiger partial charge in [-0.15, -0.1) is 11.8 Å². The molecule has 158 valence electrons. The Kier molecular flexibility index (Phi) is 6.04. The van der Waals surface area contributed by atoms with Crippen molar-refractivity contribution in [2.45, 2.75) is 18.7 Å². The normalized spacial score (nSPS) is 15.9. The zero-order chi connectivity index (χ0) is 22.0. The molecule has 2 amide bonds. The average Bonchev–Trinajstić information content (AvgIpc) is 3.17. The maximum Gasteiger partial charge on any atom is 0.255 e. The molecule has 1 atom stereocenters. The van der Waals surface area contributed by atoms with E-state index < -0.39 is 17.0 Å². The number of rotatable bonds is 5. The quantitative estimate of drug-likeness (QED) is 0.568. The van der Waals surface area contributed by atoms with E-state index in [0.29, 0.717) is 11.3 Å². The fraction of sp³-hybridized carbons (Fsp3) is 0.167. The summed E-state index contributed by atoms with van der Waals surface area (Å²) < 4.78 is 27.9. The molecular formula is C24H20F2N2O2S.